The highest BCUT2D eigenvalue weighted by molar-refractivity contribution is 5.94. The lowest BCUT2D eigenvalue weighted by molar-refractivity contribution is -0.384. The van der Waals surface area contributed by atoms with Gasteiger partial charge in [0.15, 0.2) is 0 Å². The lowest BCUT2D eigenvalue weighted by atomic mass is 10.0. The third kappa shape index (κ3) is 3.56. The number of nitro benzene ring substituents is 1. The van der Waals surface area contributed by atoms with Crippen molar-refractivity contribution in [3.8, 4) is 0 Å². The van der Waals surface area contributed by atoms with Gasteiger partial charge in [0.2, 0.25) is 5.91 Å². The van der Waals surface area contributed by atoms with Crippen LogP contribution in [0.1, 0.15) is 12.5 Å². The summed E-state index contributed by atoms with van der Waals surface area (Å²) in [6, 6.07) is 4.40. The summed E-state index contributed by atoms with van der Waals surface area (Å²) in [5.74, 6) is -0.380. The number of ether oxygens (including phenoxy) is 1. The average molecular weight is 293 g/mol. The van der Waals surface area contributed by atoms with Crippen LogP contribution in [0, 0.1) is 23.0 Å². The Labute approximate surface area is 122 Å². The minimum absolute atomic E-state index is 0.00774. The molecular formula is C14H19N3O4. The van der Waals surface area contributed by atoms with Crippen molar-refractivity contribution in [1.82, 2.24) is 5.32 Å². The SMILES string of the molecule is CCNC1COCC1C(=O)Nc1ccc([N+](=O)[O-])cc1C. The van der Waals surface area contributed by atoms with Gasteiger partial charge in [-0.25, -0.2) is 0 Å². The third-order valence-corrected chi connectivity index (χ3v) is 3.56. The van der Waals surface area contributed by atoms with E-state index in [1.165, 1.54) is 12.1 Å². The van der Waals surface area contributed by atoms with Crippen molar-refractivity contribution >= 4 is 17.3 Å². The van der Waals surface area contributed by atoms with Crippen molar-refractivity contribution < 1.29 is 14.5 Å². The van der Waals surface area contributed by atoms with E-state index in [2.05, 4.69) is 10.6 Å². The van der Waals surface area contributed by atoms with E-state index in [9.17, 15) is 14.9 Å². The van der Waals surface area contributed by atoms with Gasteiger partial charge in [-0.15, -0.1) is 0 Å². The van der Waals surface area contributed by atoms with Gasteiger partial charge < -0.3 is 15.4 Å². The van der Waals surface area contributed by atoms with Crippen LogP contribution in [0.15, 0.2) is 18.2 Å². The first-order valence-electron chi connectivity index (χ1n) is 6.90. The predicted molar refractivity (Wildman–Crippen MR) is 78.2 cm³/mol. The number of nitrogens with one attached hydrogen (secondary N) is 2. The van der Waals surface area contributed by atoms with Gasteiger partial charge in [0.1, 0.15) is 0 Å². The van der Waals surface area contributed by atoms with Crippen molar-refractivity contribution in [2.24, 2.45) is 5.92 Å². The lowest BCUT2D eigenvalue weighted by Crippen LogP contribution is -2.41. The van der Waals surface area contributed by atoms with Crippen LogP contribution >= 0.6 is 0 Å². The number of non-ortho nitro benzene ring substituents is 1. The summed E-state index contributed by atoms with van der Waals surface area (Å²) >= 11 is 0. The van der Waals surface area contributed by atoms with Crippen molar-refractivity contribution in [2.45, 2.75) is 19.9 Å². The zero-order valence-corrected chi connectivity index (χ0v) is 12.1. The second kappa shape index (κ2) is 6.64. The van der Waals surface area contributed by atoms with Crippen LogP contribution in [-0.2, 0) is 9.53 Å². The van der Waals surface area contributed by atoms with Gasteiger partial charge in [-0.3, -0.25) is 14.9 Å². The van der Waals surface area contributed by atoms with E-state index < -0.39 is 4.92 Å². The minimum atomic E-state index is -0.454. The van der Waals surface area contributed by atoms with Crippen molar-refractivity contribution in [2.75, 3.05) is 25.1 Å². The number of anilines is 1. The first-order chi connectivity index (χ1) is 10.0. The van der Waals surface area contributed by atoms with Crippen molar-refractivity contribution in [3.05, 3.63) is 33.9 Å². The fourth-order valence-corrected chi connectivity index (χ4v) is 2.40. The van der Waals surface area contributed by atoms with Gasteiger partial charge >= 0.3 is 0 Å². The Morgan fingerprint density at radius 1 is 1.48 bits per heavy atom. The number of amides is 1. The van der Waals surface area contributed by atoms with E-state index in [1.807, 2.05) is 6.92 Å². The second-order valence-corrected chi connectivity index (χ2v) is 5.05. The molecule has 0 aromatic heterocycles. The molecule has 2 rings (SSSR count). The van der Waals surface area contributed by atoms with E-state index in [0.29, 0.717) is 24.5 Å². The Balaban J connectivity index is 2.07. The fourth-order valence-electron chi connectivity index (χ4n) is 2.40. The topological polar surface area (TPSA) is 93.5 Å². The largest absolute Gasteiger partial charge is 0.379 e. The molecule has 1 aromatic rings. The van der Waals surface area contributed by atoms with Crippen LogP contribution in [0.25, 0.3) is 0 Å². The molecule has 1 fully saturated rings. The predicted octanol–water partition coefficient (Wildman–Crippen LogP) is 1.47. The number of carbonyl (C=O) groups is 1. The molecular weight excluding hydrogens is 274 g/mol. The molecule has 114 valence electrons. The summed E-state index contributed by atoms with van der Waals surface area (Å²) in [5, 5.41) is 16.8. The molecule has 21 heavy (non-hydrogen) atoms. The number of benzene rings is 1. The van der Waals surface area contributed by atoms with E-state index in [1.54, 1.807) is 13.0 Å². The molecule has 1 saturated heterocycles. The Hall–Kier alpha value is -1.99. The maximum atomic E-state index is 12.3. The number of carbonyl (C=O) groups excluding carboxylic acids is 1. The molecule has 1 heterocycles. The van der Waals surface area contributed by atoms with Crippen LogP contribution in [0.4, 0.5) is 11.4 Å². The third-order valence-electron chi connectivity index (χ3n) is 3.56. The number of nitro groups is 1. The minimum Gasteiger partial charge on any atom is -0.379 e. The molecule has 0 radical (unpaired) electrons. The molecule has 2 N–H and O–H groups in total. The molecule has 2 unspecified atom stereocenters. The van der Waals surface area contributed by atoms with Gasteiger partial charge in [-0.1, -0.05) is 6.92 Å². The maximum Gasteiger partial charge on any atom is 0.269 e. The van der Waals surface area contributed by atoms with Crippen LogP contribution in [-0.4, -0.2) is 36.6 Å². The molecule has 1 amide bonds. The van der Waals surface area contributed by atoms with Crippen LogP contribution < -0.4 is 10.6 Å². The zero-order valence-electron chi connectivity index (χ0n) is 12.1. The monoisotopic (exact) mass is 293 g/mol. The Morgan fingerprint density at radius 3 is 2.86 bits per heavy atom. The van der Waals surface area contributed by atoms with Gasteiger partial charge in [0.05, 0.1) is 24.1 Å². The Kier molecular flexibility index (Phi) is 4.87. The van der Waals surface area contributed by atoms with Gasteiger partial charge in [-0.05, 0) is 25.1 Å². The highest BCUT2D eigenvalue weighted by atomic mass is 16.6. The standard InChI is InChI=1S/C14H19N3O4/c1-3-15-13-8-21-7-11(13)14(18)16-12-5-4-10(17(19)20)6-9(12)2/h4-6,11,13,15H,3,7-8H2,1-2H3,(H,16,18). The van der Waals surface area contributed by atoms with E-state index >= 15 is 0 Å². The smallest absolute Gasteiger partial charge is 0.269 e. The molecule has 0 bridgehead atoms. The van der Waals surface area contributed by atoms with Gasteiger partial charge in [0.25, 0.3) is 5.69 Å². The molecule has 7 nitrogen and oxygen atoms in total. The summed E-state index contributed by atoms with van der Waals surface area (Å²) in [6.07, 6.45) is 0. The maximum absolute atomic E-state index is 12.3. The first kappa shape index (κ1) is 15.4. The Morgan fingerprint density at radius 2 is 2.24 bits per heavy atom. The molecule has 7 heteroatoms. The molecule has 1 aliphatic heterocycles. The molecule has 0 aliphatic carbocycles. The normalized spacial score (nSPS) is 21.2. The average Bonchev–Trinajstić information content (AvgIpc) is 2.89. The van der Waals surface area contributed by atoms with E-state index in [4.69, 9.17) is 4.74 Å². The number of rotatable bonds is 5. The van der Waals surface area contributed by atoms with Crippen LogP contribution in [0.5, 0.6) is 0 Å². The lowest BCUT2D eigenvalue weighted by Gasteiger charge is -2.18. The summed E-state index contributed by atoms with van der Waals surface area (Å²) in [5.41, 5.74) is 1.27. The quantitative estimate of drug-likeness (QED) is 0.633. The van der Waals surface area contributed by atoms with E-state index in [-0.39, 0.29) is 23.6 Å². The van der Waals surface area contributed by atoms with E-state index in [0.717, 1.165) is 6.54 Å². The highest BCUT2D eigenvalue weighted by Crippen LogP contribution is 2.23. The molecule has 0 saturated carbocycles. The number of likely N-dealkylation sites (N-methyl/N-ethyl adjacent to an activating group) is 1. The van der Waals surface area contributed by atoms with Crippen molar-refractivity contribution in [3.63, 3.8) is 0 Å². The molecule has 1 aliphatic rings. The summed E-state index contributed by atoms with van der Waals surface area (Å²) in [6.45, 7) is 5.39. The molecule has 2 atom stereocenters. The number of nitrogens with zero attached hydrogens (tertiary/aromatic N) is 1. The molecule has 0 spiro atoms. The van der Waals surface area contributed by atoms with Gasteiger partial charge in [-0.2, -0.15) is 0 Å². The van der Waals surface area contributed by atoms with Crippen LogP contribution in [0.3, 0.4) is 0 Å². The zero-order chi connectivity index (χ0) is 15.4. The first-order valence-corrected chi connectivity index (χ1v) is 6.90. The fraction of sp³-hybridized carbons (Fsp3) is 0.500. The number of aryl methyl sites for hydroxylation is 1. The summed E-state index contributed by atoms with van der Waals surface area (Å²) < 4.78 is 5.35. The van der Waals surface area contributed by atoms with Crippen LogP contribution in [0.2, 0.25) is 0 Å². The number of hydrogen-bond donors (Lipinski definition) is 2. The Bertz CT molecular complexity index is 547. The van der Waals surface area contributed by atoms with Crippen molar-refractivity contribution in [1.29, 1.82) is 0 Å². The molecule has 1 aromatic carbocycles. The second-order valence-electron chi connectivity index (χ2n) is 5.05. The number of hydrogen-bond acceptors (Lipinski definition) is 5. The summed E-state index contributed by atoms with van der Waals surface area (Å²) in [4.78, 5) is 22.6. The van der Waals surface area contributed by atoms with Gasteiger partial charge in [0, 0.05) is 23.9 Å². The summed E-state index contributed by atoms with van der Waals surface area (Å²) in [7, 11) is 0. The highest BCUT2D eigenvalue weighted by Gasteiger charge is 2.33.